The molecule has 0 heterocycles. The van der Waals surface area contributed by atoms with Gasteiger partial charge in [-0.1, -0.05) is 6.92 Å². The van der Waals surface area contributed by atoms with Gasteiger partial charge in [0, 0.05) is 11.1 Å². The Balaban J connectivity index is 1.85. The SMILES string of the molecule is CCCOc1ccc(C(=O)NC(=S)NNC(=O)c2ccc(OC)c(Br)c2)cc1. The van der Waals surface area contributed by atoms with Crippen molar-refractivity contribution in [2.24, 2.45) is 0 Å². The number of ether oxygens (including phenoxy) is 2. The predicted molar refractivity (Wildman–Crippen MR) is 114 cm³/mol. The standard InChI is InChI=1S/C19H20BrN3O4S/c1-3-10-27-14-7-4-12(5-8-14)17(24)21-19(28)23-22-18(25)13-6-9-16(26-2)15(20)11-13/h4-9,11H,3,10H2,1-2H3,(H,22,25)(H2,21,23,24,28). The van der Waals surface area contributed by atoms with Gasteiger partial charge in [0.25, 0.3) is 11.8 Å². The van der Waals surface area contributed by atoms with E-state index in [1.807, 2.05) is 6.92 Å². The van der Waals surface area contributed by atoms with Gasteiger partial charge in [0.2, 0.25) is 0 Å². The van der Waals surface area contributed by atoms with Gasteiger partial charge in [0.15, 0.2) is 5.11 Å². The number of hydrogen-bond donors (Lipinski definition) is 3. The van der Waals surface area contributed by atoms with Gasteiger partial charge in [0.1, 0.15) is 11.5 Å². The van der Waals surface area contributed by atoms with Crippen molar-refractivity contribution in [3.63, 3.8) is 0 Å². The number of hydrazine groups is 1. The molecule has 0 saturated carbocycles. The topological polar surface area (TPSA) is 88.7 Å². The molecule has 2 aromatic carbocycles. The van der Waals surface area contributed by atoms with Crippen LogP contribution >= 0.6 is 28.1 Å². The Labute approximate surface area is 176 Å². The molecule has 0 aliphatic rings. The Morgan fingerprint density at radius 3 is 2.32 bits per heavy atom. The number of carbonyl (C=O) groups is 2. The highest BCUT2D eigenvalue weighted by Gasteiger charge is 2.11. The quantitative estimate of drug-likeness (QED) is 0.448. The normalized spacial score (nSPS) is 9.96. The van der Waals surface area contributed by atoms with E-state index in [2.05, 4.69) is 32.1 Å². The van der Waals surface area contributed by atoms with E-state index in [1.165, 1.54) is 7.11 Å². The minimum Gasteiger partial charge on any atom is -0.496 e. The molecule has 0 fully saturated rings. The van der Waals surface area contributed by atoms with Crippen LogP contribution in [0.25, 0.3) is 0 Å². The summed E-state index contributed by atoms with van der Waals surface area (Å²) in [6.07, 6.45) is 0.904. The lowest BCUT2D eigenvalue weighted by Crippen LogP contribution is -2.48. The average Bonchev–Trinajstić information content (AvgIpc) is 2.70. The summed E-state index contributed by atoms with van der Waals surface area (Å²) in [6, 6.07) is 11.6. The van der Waals surface area contributed by atoms with Crippen LogP contribution in [-0.2, 0) is 0 Å². The molecule has 0 atom stereocenters. The van der Waals surface area contributed by atoms with Crippen molar-refractivity contribution in [2.75, 3.05) is 13.7 Å². The van der Waals surface area contributed by atoms with E-state index in [4.69, 9.17) is 21.7 Å². The number of thiocarbonyl (C=S) groups is 1. The fourth-order valence-electron chi connectivity index (χ4n) is 2.12. The highest BCUT2D eigenvalue weighted by Crippen LogP contribution is 2.25. The number of rotatable bonds is 6. The minimum atomic E-state index is -0.419. The van der Waals surface area contributed by atoms with E-state index >= 15 is 0 Å². The molecular weight excluding hydrogens is 446 g/mol. The largest absolute Gasteiger partial charge is 0.496 e. The molecule has 28 heavy (non-hydrogen) atoms. The van der Waals surface area contributed by atoms with Gasteiger partial charge in [-0.25, -0.2) is 0 Å². The summed E-state index contributed by atoms with van der Waals surface area (Å²) in [5, 5.41) is 2.46. The van der Waals surface area contributed by atoms with E-state index in [1.54, 1.807) is 42.5 Å². The van der Waals surface area contributed by atoms with Crippen LogP contribution in [0.5, 0.6) is 11.5 Å². The average molecular weight is 466 g/mol. The number of methoxy groups -OCH3 is 1. The Morgan fingerprint density at radius 1 is 1.04 bits per heavy atom. The van der Waals surface area contributed by atoms with E-state index < -0.39 is 11.8 Å². The summed E-state index contributed by atoms with van der Waals surface area (Å²) in [7, 11) is 1.54. The lowest BCUT2D eigenvalue weighted by atomic mass is 10.2. The van der Waals surface area contributed by atoms with Gasteiger partial charge in [-0.05, 0) is 77.0 Å². The molecule has 2 rings (SSSR count). The zero-order valence-electron chi connectivity index (χ0n) is 15.4. The third-order valence-electron chi connectivity index (χ3n) is 3.52. The second-order valence-corrected chi connectivity index (χ2v) is 6.85. The molecule has 0 bridgehead atoms. The number of benzene rings is 2. The van der Waals surface area contributed by atoms with Gasteiger partial charge in [0.05, 0.1) is 18.2 Å². The van der Waals surface area contributed by atoms with Crippen LogP contribution in [-0.4, -0.2) is 30.6 Å². The number of nitrogens with one attached hydrogen (secondary N) is 3. The first kappa shape index (κ1) is 21.6. The summed E-state index contributed by atoms with van der Waals surface area (Å²) < 4.78 is 11.2. The molecule has 2 aromatic rings. The van der Waals surface area contributed by atoms with Gasteiger partial charge >= 0.3 is 0 Å². The highest BCUT2D eigenvalue weighted by molar-refractivity contribution is 9.10. The second-order valence-electron chi connectivity index (χ2n) is 5.58. The fourth-order valence-corrected chi connectivity index (χ4v) is 2.81. The minimum absolute atomic E-state index is 0.0303. The maximum atomic E-state index is 12.2. The molecule has 0 saturated heterocycles. The van der Waals surface area contributed by atoms with Crippen LogP contribution in [0.2, 0.25) is 0 Å². The number of amides is 2. The molecule has 0 aliphatic heterocycles. The summed E-state index contributed by atoms with van der Waals surface area (Å²) in [4.78, 5) is 24.4. The van der Waals surface area contributed by atoms with Crippen LogP contribution in [0.4, 0.5) is 0 Å². The zero-order chi connectivity index (χ0) is 20.5. The molecule has 0 aliphatic carbocycles. The van der Waals surface area contributed by atoms with Crippen molar-refractivity contribution in [1.82, 2.24) is 16.2 Å². The predicted octanol–water partition coefficient (Wildman–Crippen LogP) is 3.20. The molecule has 9 heteroatoms. The second kappa shape index (κ2) is 10.6. The first-order valence-corrected chi connectivity index (χ1v) is 9.62. The van der Waals surface area contributed by atoms with Gasteiger partial charge in [-0.3, -0.25) is 25.8 Å². The van der Waals surface area contributed by atoms with Crippen LogP contribution in [0.1, 0.15) is 34.1 Å². The van der Waals surface area contributed by atoms with E-state index in [9.17, 15) is 9.59 Å². The first-order valence-electron chi connectivity index (χ1n) is 8.42. The van der Waals surface area contributed by atoms with Crippen LogP contribution in [0, 0.1) is 0 Å². The summed E-state index contributed by atoms with van der Waals surface area (Å²) in [5.74, 6) is 0.480. The fraction of sp³-hybridized carbons (Fsp3) is 0.211. The third kappa shape index (κ3) is 6.21. The number of hydrogen-bond acceptors (Lipinski definition) is 5. The third-order valence-corrected chi connectivity index (χ3v) is 4.34. The van der Waals surface area contributed by atoms with Crippen molar-refractivity contribution >= 4 is 45.1 Å². The molecule has 0 radical (unpaired) electrons. The van der Waals surface area contributed by atoms with E-state index in [0.29, 0.717) is 33.7 Å². The molecular formula is C19H20BrN3O4S. The first-order chi connectivity index (χ1) is 13.4. The molecule has 0 unspecified atom stereocenters. The summed E-state index contributed by atoms with van der Waals surface area (Å²) in [5.41, 5.74) is 5.72. The van der Waals surface area contributed by atoms with Crippen molar-refractivity contribution in [2.45, 2.75) is 13.3 Å². The van der Waals surface area contributed by atoms with Crippen molar-refractivity contribution in [3.8, 4) is 11.5 Å². The van der Waals surface area contributed by atoms with Gasteiger partial charge < -0.3 is 9.47 Å². The Hall–Kier alpha value is -2.65. The number of carbonyl (C=O) groups excluding carboxylic acids is 2. The van der Waals surface area contributed by atoms with Crippen molar-refractivity contribution in [3.05, 3.63) is 58.1 Å². The molecule has 7 nitrogen and oxygen atoms in total. The molecule has 0 spiro atoms. The Morgan fingerprint density at radius 2 is 1.71 bits per heavy atom. The van der Waals surface area contributed by atoms with Gasteiger partial charge in [-0.15, -0.1) is 0 Å². The lowest BCUT2D eigenvalue weighted by Gasteiger charge is -2.12. The Kier molecular flexibility index (Phi) is 8.21. The van der Waals surface area contributed by atoms with Crippen LogP contribution in [0.15, 0.2) is 46.9 Å². The maximum absolute atomic E-state index is 12.2. The van der Waals surface area contributed by atoms with Crippen molar-refractivity contribution < 1.29 is 19.1 Å². The molecule has 3 N–H and O–H groups in total. The highest BCUT2D eigenvalue weighted by atomic mass is 79.9. The van der Waals surface area contributed by atoms with E-state index in [0.717, 1.165) is 6.42 Å². The smallest absolute Gasteiger partial charge is 0.269 e. The van der Waals surface area contributed by atoms with Crippen LogP contribution in [0.3, 0.4) is 0 Å². The maximum Gasteiger partial charge on any atom is 0.269 e. The van der Waals surface area contributed by atoms with E-state index in [-0.39, 0.29) is 5.11 Å². The lowest BCUT2D eigenvalue weighted by molar-refractivity contribution is 0.0934. The Bertz CT molecular complexity index is 859. The zero-order valence-corrected chi connectivity index (χ0v) is 17.8. The number of halogens is 1. The molecule has 2 amide bonds. The summed E-state index contributed by atoms with van der Waals surface area (Å²) >= 11 is 8.35. The monoisotopic (exact) mass is 465 g/mol. The van der Waals surface area contributed by atoms with Crippen LogP contribution < -0.4 is 25.6 Å². The summed E-state index contributed by atoms with van der Waals surface area (Å²) in [6.45, 7) is 2.63. The molecule has 148 valence electrons. The van der Waals surface area contributed by atoms with Crippen molar-refractivity contribution in [1.29, 1.82) is 0 Å². The van der Waals surface area contributed by atoms with Gasteiger partial charge in [-0.2, -0.15) is 0 Å². The molecule has 0 aromatic heterocycles.